The van der Waals surface area contributed by atoms with Crippen LogP contribution in [0.25, 0.3) is 0 Å². The van der Waals surface area contributed by atoms with E-state index in [-0.39, 0.29) is 5.91 Å². The zero-order valence-corrected chi connectivity index (χ0v) is 12.0. The molecule has 0 radical (unpaired) electrons. The summed E-state index contributed by atoms with van der Waals surface area (Å²) in [5.74, 6) is 0.319. The number of nitrogens with two attached hydrogens (primary N) is 1. The number of methoxy groups -OCH3 is 1. The third-order valence-corrected chi connectivity index (χ3v) is 3.13. The molecule has 1 atom stereocenters. The number of carbonyl (C=O) groups is 1. The first-order valence-electron chi connectivity index (χ1n) is 6.76. The molecular formula is C16H19N3O2. The Balaban J connectivity index is 1.89. The van der Waals surface area contributed by atoms with E-state index in [9.17, 15) is 4.79 Å². The van der Waals surface area contributed by atoms with Crippen molar-refractivity contribution in [3.63, 3.8) is 0 Å². The van der Waals surface area contributed by atoms with Crippen molar-refractivity contribution in [3.8, 4) is 5.88 Å². The summed E-state index contributed by atoms with van der Waals surface area (Å²) >= 11 is 0. The van der Waals surface area contributed by atoms with Gasteiger partial charge in [0.25, 0.3) is 0 Å². The maximum Gasteiger partial charge on any atom is 0.237 e. The van der Waals surface area contributed by atoms with Crippen molar-refractivity contribution in [2.75, 3.05) is 7.11 Å². The zero-order valence-electron chi connectivity index (χ0n) is 12.0. The molecule has 2 aromatic rings. The van der Waals surface area contributed by atoms with Gasteiger partial charge in [-0.1, -0.05) is 36.4 Å². The molecule has 0 saturated heterocycles. The molecule has 21 heavy (non-hydrogen) atoms. The average Bonchev–Trinajstić information content (AvgIpc) is 2.53. The monoisotopic (exact) mass is 285 g/mol. The first-order valence-corrected chi connectivity index (χ1v) is 6.76. The lowest BCUT2D eigenvalue weighted by Crippen LogP contribution is -2.41. The minimum atomic E-state index is -0.574. The Labute approximate surface area is 124 Å². The number of aromatic nitrogens is 1. The van der Waals surface area contributed by atoms with Crippen LogP contribution < -0.4 is 15.8 Å². The fourth-order valence-electron chi connectivity index (χ4n) is 2.02. The summed E-state index contributed by atoms with van der Waals surface area (Å²) in [6.45, 7) is 0.346. The van der Waals surface area contributed by atoms with Crippen LogP contribution in [0.5, 0.6) is 5.88 Å². The van der Waals surface area contributed by atoms with E-state index >= 15 is 0 Å². The number of carbonyl (C=O) groups excluding carboxylic acids is 1. The second-order valence-corrected chi connectivity index (χ2v) is 4.69. The number of pyridine rings is 1. The Bertz CT molecular complexity index is 587. The van der Waals surface area contributed by atoms with Gasteiger partial charge >= 0.3 is 0 Å². The highest BCUT2D eigenvalue weighted by atomic mass is 16.5. The van der Waals surface area contributed by atoms with Crippen molar-refractivity contribution in [3.05, 3.63) is 59.8 Å². The van der Waals surface area contributed by atoms with Crippen molar-refractivity contribution in [1.29, 1.82) is 0 Å². The van der Waals surface area contributed by atoms with Crippen LogP contribution in [0.1, 0.15) is 11.1 Å². The van der Waals surface area contributed by atoms with Gasteiger partial charge in [-0.25, -0.2) is 4.98 Å². The predicted molar refractivity (Wildman–Crippen MR) is 80.8 cm³/mol. The van der Waals surface area contributed by atoms with Crippen LogP contribution >= 0.6 is 0 Å². The van der Waals surface area contributed by atoms with Gasteiger partial charge in [-0.15, -0.1) is 0 Å². The Morgan fingerprint density at radius 2 is 2.05 bits per heavy atom. The van der Waals surface area contributed by atoms with E-state index < -0.39 is 6.04 Å². The largest absolute Gasteiger partial charge is 0.481 e. The summed E-state index contributed by atoms with van der Waals surface area (Å²) in [4.78, 5) is 16.1. The highest BCUT2D eigenvalue weighted by molar-refractivity contribution is 5.81. The van der Waals surface area contributed by atoms with Gasteiger partial charge in [-0.05, 0) is 18.1 Å². The van der Waals surface area contributed by atoms with Gasteiger partial charge in [0.05, 0.1) is 13.2 Å². The van der Waals surface area contributed by atoms with Gasteiger partial charge in [-0.3, -0.25) is 4.79 Å². The molecule has 0 saturated carbocycles. The molecule has 1 amide bonds. The molecule has 0 aliphatic heterocycles. The molecular weight excluding hydrogens is 266 g/mol. The van der Waals surface area contributed by atoms with E-state index in [0.717, 1.165) is 11.1 Å². The summed E-state index contributed by atoms with van der Waals surface area (Å²) in [7, 11) is 1.55. The Hall–Kier alpha value is -2.40. The second kappa shape index (κ2) is 7.40. The van der Waals surface area contributed by atoms with E-state index in [1.165, 1.54) is 0 Å². The Morgan fingerprint density at radius 3 is 2.76 bits per heavy atom. The van der Waals surface area contributed by atoms with Crippen molar-refractivity contribution >= 4 is 5.91 Å². The Kier molecular flexibility index (Phi) is 5.29. The second-order valence-electron chi connectivity index (χ2n) is 4.69. The molecule has 110 valence electrons. The van der Waals surface area contributed by atoms with Gasteiger partial charge in [0.2, 0.25) is 11.8 Å². The van der Waals surface area contributed by atoms with Gasteiger partial charge < -0.3 is 15.8 Å². The van der Waals surface area contributed by atoms with Crippen LogP contribution in [0.15, 0.2) is 48.7 Å². The van der Waals surface area contributed by atoms with E-state index in [2.05, 4.69) is 10.3 Å². The van der Waals surface area contributed by atoms with Crippen LogP contribution in [0.2, 0.25) is 0 Å². The van der Waals surface area contributed by atoms with Crippen molar-refractivity contribution in [2.45, 2.75) is 19.0 Å². The standard InChI is InChI=1S/C16H19N3O2/c1-21-16-13(8-5-9-18-16)11-19-15(20)14(17)10-12-6-3-2-4-7-12/h2-9,14H,10-11,17H2,1H3,(H,19,20)/t14-/m0/s1. The highest BCUT2D eigenvalue weighted by Gasteiger charge is 2.14. The molecule has 2 rings (SSSR count). The maximum atomic E-state index is 12.0. The predicted octanol–water partition coefficient (Wildman–Crippen LogP) is 1.28. The minimum Gasteiger partial charge on any atom is -0.481 e. The molecule has 0 bridgehead atoms. The summed E-state index contributed by atoms with van der Waals surface area (Å²) in [6.07, 6.45) is 2.15. The quantitative estimate of drug-likeness (QED) is 0.838. The number of ether oxygens (including phenoxy) is 1. The molecule has 0 aliphatic carbocycles. The number of amides is 1. The van der Waals surface area contributed by atoms with Crippen molar-refractivity contribution in [2.24, 2.45) is 5.73 Å². The smallest absolute Gasteiger partial charge is 0.237 e. The first-order chi connectivity index (χ1) is 10.2. The number of hydrogen-bond acceptors (Lipinski definition) is 4. The molecule has 1 heterocycles. The molecule has 5 heteroatoms. The first kappa shape index (κ1) is 15.0. The number of rotatable bonds is 6. The van der Waals surface area contributed by atoms with Crippen LogP contribution in [-0.2, 0) is 17.8 Å². The normalized spacial score (nSPS) is 11.7. The van der Waals surface area contributed by atoms with Crippen LogP contribution in [0.4, 0.5) is 0 Å². The molecule has 1 aromatic carbocycles. The molecule has 1 aromatic heterocycles. The summed E-state index contributed by atoms with van der Waals surface area (Å²) < 4.78 is 5.14. The van der Waals surface area contributed by atoms with E-state index in [4.69, 9.17) is 10.5 Å². The lowest BCUT2D eigenvalue weighted by atomic mass is 10.1. The molecule has 0 fully saturated rings. The number of nitrogens with zero attached hydrogens (tertiary/aromatic N) is 1. The lowest BCUT2D eigenvalue weighted by molar-refractivity contribution is -0.122. The fourth-order valence-corrected chi connectivity index (χ4v) is 2.02. The minimum absolute atomic E-state index is 0.190. The van der Waals surface area contributed by atoms with Crippen LogP contribution in [0.3, 0.4) is 0 Å². The van der Waals surface area contributed by atoms with Crippen molar-refractivity contribution < 1.29 is 9.53 Å². The van der Waals surface area contributed by atoms with Crippen molar-refractivity contribution in [1.82, 2.24) is 10.3 Å². The van der Waals surface area contributed by atoms with Crippen LogP contribution in [0, 0.1) is 0 Å². The number of benzene rings is 1. The maximum absolute atomic E-state index is 12.0. The number of nitrogens with one attached hydrogen (secondary N) is 1. The third-order valence-electron chi connectivity index (χ3n) is 3.13. The molecule has 5 nitrogen and oxygen atoms in total. The molecule has 0 unspecified atom stereocenters. The Morgan fingerprint density at radius 1 is 1.29 bits per heavy atom. The van der Waals surface area contributed by atoms with Gasteiger partial charge in [0.1, 0.15) is 0 Å². The molecule has 3 N–H and O–H groups in total. The summed E-state index contributed by atoms with van der Waals surface area (Å²) in [5.41, 5.74) is 7.79. The lowest BCUT2D eigenvalue weighted by Gasteiger charge is -2.13. The topological polar surface area (TPSA) is 77.2 Å². The average molecular weight is 285 g/mol. The molecule has 0 spiro atoms. The highest BCUT2D eigenvalue weighted by Crippen LogP contribution is 2.12. The summed E-state index contributed by atoms with van der Waals surface area (Å²) in [6, 6.07) is 12.8. The number of hydrogen-bond donors (Lipinski definition) is 2. The van der Waals surface area contributed by atoms with Gasteiger partial charge in [0, 0.05) is 18.3 Å². The van der Waals surface area contributed by atoms with E-state index in [1.54, 1.807) is 19.4 Å². The molecule has 0 aliphatic rings. The van der Waals surface area contributed by atoms with Crippen LogP contribution in [-0.4, -0.2) is 24.0 Å². The fraction of sp³-hybridized carbons (Fsp3) is 0.250. The van der Waals surface area contributed by atoms with E-state index in [1.807, 2.05) is 36.4 Å². The van der Waals surface area contributed by atoms with Gasteiger partial charge in [-0.2, -0.15) is 0 Å². The van der Waals surface area contributed by atoms with E-state index in [0.29, 0.717) is 18.8 Å². The SMILES string of the molecule is COc1ncccc1CNC(=O)[C@@H](N)Cc1ccccc1. The zero-order chi connectivity index (χ0) is 15.1. The third kappa shape index (κ3) is 4.29. The summed E-state index contributed by atoms with van der Waals surface area (Å²) in [5, 5.41) is 2.81. The van der Waals surface area contributed by atoms with Gasteiger partial charge in [0.15, 0.2) is 0 Å².